The van der Waals surface area contributed by atoms with Crippen LogP contribution in [0.25, 0.3) is 0 Å². The van der Waals surface area contributed by atoms with E-state index in [0.717, 1.165) is 29.6 Å². The maximum Gasteiger partial charge on any atom is 0.192 e. The molecule has 1 aromatic carbocycles. The van der Waals surface area contributed by atoms with E-state index in [9.17, 15) is 4.79 Å². The SMILES string of the molecule is COc1ccc(CO[C@H]2C(C)=CC[C@H](O[Si](C)(C)C(C)(C)C)[C@H]2C=O)cc1. The van der Waals surface area contributed by atoms with Crippen molar-refractivity contribution in [1.82, 2.24) is 0 Å². The topological polar surface area (TPSA) is 44.8 Å². The Labute approximate surface area is 165 Å². The standard InChI is InChI=1S/C22H34O4Si/c1-16-8-13-20(26-27(6,7)22(2,3)4)19(14-23)21(16)25-15-17-9-11-18(24-5)12-10-17/h8-12,14,19-21H,13,15H2,1-7H3/t19-,20+,21+/m1/s1. The summed E-state index contributed by atoms with van der Waals surface area (Å²) in [6.07, 6.45) is 3.59. The van der Waals surface area contributed by atoms with Gasteiger partial charge >= 0.3 is 0 Å². The Morgan fingerprint density at radius 3 is 2.33 bits per heavy atom. The van der Waals surface area contributed by atoms with Gasteiger partial charge in [0.1, 0.15) is 12.0 Å². The smallest absolute Gasteiger partial charge is 0.192 e. The maximum absolute atomic E-state index is 12.0. The zero-order valence-corrected chi connectivity index (χ0v) is 18.7. The Morgan fingerprint density at radius 1 is 1.19 bits per heavy atom. The first-order valence-electron chi connectivity index (χ1n) is 9.63. The lowest BCUT2D eigenvalue weighted by molar-refractivity contribution is -0.121. The molecule has 4 nitrogen and oxygen atoms in total. The van der Waals surface area contributed by atoms with Gasteiger partial charge < -0.3 is 18.7 Å². The molecule has 1 aliphatic carbocycles. The van der Waals surface area contributed by atoms with Gasteiger partial charge in [-0.1, -0.05) is 39.0 Å². The minimum Gasteiger partial charge on any atom is -0.497 e. The fraction of sp³-hybridized carbons (Fsp3) is 0.591. The first kappa shape index (κ1) is 21.9. The van der Waals surface area contributed by atoms with Gasteiger partial charge in [0.25, 0.3) is 0 Å². The van der Waals surface area contributed by atoms with Crippen LogP contribution in [0.15, 0.2) is 35.9 Å². The number of benzene rings is 1. The van der Waals surface area contributed by atoms with Gasteiger partial charge in [0.15, 0.2) is 8.32 Å². The average molecular weight is 391 g/mol. The van der Waals surface area contributed by atoms with E-state index >= 15 is 0 Å². The molecule has 0 N–H and O–H groups in total. The van der Waals surface area contributed by atoms with E-state index < -0.39 is 8.32 Å². The van der Waals surface area contributed by atoms with Gasteiger partial charge in [0.05, 0.1) is 31.8 Å². The molecule has 150 valence electrons. The number of aldehydes is 1. The highest BCUT2D eigenvalue weighted by atomic mass is 28.4. The summed E-state index contributed by atoms with van der Waals surface area (Å²) < 4.78 is 18.0. The number of ether oxygens (including phenoxy) is 2. The van der Waals surface area contributed by atoms with E-state index in [1.807, 2.05) is 31.2 Å². The molecule has 0 amide bonds. The predicted octanol–water partition coefficient (Wildman–Crippen LogP) is 5.14. The maximum atomic E-state index is 12.0. The third-order valence-electron chi connectivity index (χ3n) is 5.90. The first-order chi connectivity index (χ1) is 12.6. The molecule has 27 heavy (non-hydrogen) atoms. The number of carbonyl (C=O) groups is 1. The van der Waals surface area contributed by atoms with Crippen molar-refractivity contribution in [1.29, 1.82) is 0 Å². The summed E-state index contributed by atoms with van der Waals surface area (Å²) in [5, 5.41) is 0.107. The number of hydrogen-bond acceptors (Lipinski definition) is 4. The fourth-order valence-corrected chi connectivity index (χ4v) is 4.43. The second-order valence-corrected chi connectivity index (χ2v) is 13.6. The molecular formula is C22H34O4Si. The van der Waals surface area contributed by atoms with E-state index in [4.69, 9.17) is 13.9 Å². The van der Waals surface area contributed by atoms with Crippen LogP contribution in [0, 0.1) is 5.92 Å². The van der Waals surface area contributed by atoms with Crippen LogP contribution in [0.3, 0.4) is 0 Å². The lowest BCUT2D eigenvalue weighted by Crippen LogP contribution is -2.49. The van der Waals surface area contributed by atoms with Crippen molar-refractivity contribution in [2.45, 2.75) is 71.1 Å². The molecule has 0 radical (unpaired) electrons. The van der Waals surface area contributed by atoms with Crippen LogP contribution < -0.4 is 4.74 Å². The van der Waals surface area contributed by atoms with Crippen LogP contribution in [-0.2, 0) is 20.6 Å². The molecule has 0 heterocycles. The molecule has 1 aliphatic rings. The highest BCUT2D eigenvalue weighted by Crippen LogP contribution is 2.40. The number of rotatable bonds is 7. The lowest BCUT2D eigenvalue weighted by atomic mass is 9.85. The molecule has 0 saturated carbocycles. The zero-order valence-electron chi connectivity index (χ0n) is 17.7. The van der Waals surface area contributed by atoms with Crippen molar-refractivity contribution >= 4 is 14.6 Å². The molecule has 0 unspecified atom stereocenters. The van der Waals surface area contributed by atoms with E-state index in [1.165, 1.54) is 0 Å². The second kappa shape index (κ2) is 8.72. The summed E-state index contributed by atoms with van der Waals surface area (Å²) >= 11 is 0. The molecule has 0 spiro atoms. The van der Waals surface area contributed by atoms with Crippen LogP contribution in [-0.4, -0.2) is 33.9 Å². The average Bonchev–Trinajstić information content (AvgIpc) is 2.61. The number of methoxy groups -OCH3 is 1. The van der Waals surface area contributed by atoms with Gasteiger partial charge in [-0.25, -0.2) is 0 Å². The number of carbonyl (C=O) groups excluding carboxylic acids is 1. The molecule has 0 saturated heterocycles. The van der Waals surface area contributed by atoms with Crippen molar-refractivity contribution < 1.29 is 18.7 Å². The van der Waals surface area contributed by atoms with Crippen molar-refractivity contribution in [3.05, 3.63) is 41.5 Å². The van der Waals surface area contributed by atoms with Gasteiger partial charge in [-0.05, 0) is 54.7 Å². The van der Waals surface area contributed by atoms with Crippen molar-refractivity contribution in [3.63, 3.8) is 0 Å². The Balaban J connectivity index is 2.11. The van der Waals surface area contributed by atoms with E-state index in [-0.39, 0.29) is 23.2 Å². The van der Waals surface area contributed by atoms with E-state index in [0.29, 0.717) is 6.61 Å². The monoisotopic (exact) mass is 390 g/mol. The van der Waals surface area contributed by atoms with Crippen LogP contribution in [0.4, 0.5) is 0 Å². The van der Waals surface area contributed by atoms with Crippen LogP contribution in [0.1, 0.15) is 39.7 Å². The highest BCUT2D eigenvalue weighted by molar-refractivity contribution is 6.74. The Morgan fingerprint density at radius 2 is 1.81 bits per heavy atom. The summed E-state index contributed by atoms with van der Waals surface area (Å²) in [5.41, 5.74) is 2.16. The van der Waals surface area contributed by atoms with Gasteiger partial charge in [0.2, 0.25) is 0 Å². The summed E-state index contributed by atoms with van der Waals surface area (Å²) in [5.74, 6) is 0.545. The second-order valence-electron chi connectivity index (χ2n) is 8.89. The molecule has 0 bridgehead atoms. The van der Waals surface area contributed by atoms with Crippen molar-refractivity contribution in [2.75, 3.05) is 7.11 Å². The third-order valence-corrected chi connectivity index (χ3v) is 10.4. The van der Waals surface area contributed by atoms with E-state index in [2.05, 4.69) is 39.9 Å². The molecular weight excluding hydrogens is 356 g/mol. The Kier molecular flexibility index (Phi) is 7.06. The quantitative estimate of drug-likeness (QED) is 0.367. The van der Waals surface area contributed by atoms with Gasteiger partial charge in [-0.3, -0.25) is 0 Å². The minimum atomic E-state index is -1.96. The summed E-state index contributed by atoms with van der Waals surface area (Å²) in [7, 11) is -0.305. The first-order valence-corrected chi connectivity index (χ1v) is 12.5. The Bertz CT molecular complexity index is 658. The molecule has 1 aromatic rings. The van der Waals surface area contributed by atoms with E-state index in [1.54, 1.807) is 7.11 Å². The predicted molar refractivity (Wildman–Crippen MR) is 112 cm³/mol. The molecule has 0 fully saturated rings. The van der Waals surface area contributed by atoms with Gasteiger partial charge in [0, 0.05) is 0 Å². The molecule has 2 rings (SSSR count). The Hall–Kier alpha value is -1.43. The summed E-state index contributed by atoms with van der Waals surface area (Å²) in [6.45, 7) is 13.6. The largest absolute Gasteiger partial charge is 0.497 e. The van der Waals surface area contributed by atoms with Crippen molar-refractivity contribution in [3.8, 4) is 5.75 Å². The summed E-state index contributed by atoms with van der Waals surface area (Å²) in [4.78, 5) is 12.0. The zero-order chi connectivity index (χ0) is 20.2. The molecule has 3 atom stereocenters. The molecule has 0 aliphatic heterocycles. The normalized spacial score (nSPS) is 23.7. The van der Waals surface area contributed by atoms with Gasteiger partial charge in [-0.2, -0.15) is 0 Å². The van der Waals surface area contributed by atoms with Crippen LogP contribution >= 0.6 is 0 Å². The number of hydrogen-bond donors (Lipinski definition) is 0. The van der Waals surface area contributed by atoms with Crippen molar-refractivity contribution in [2.24, 2.45) is 5.92 Å². The summed E-state index contributed by atoms with van der Waals surface area (Å²) in [6, 6.07) is 7.81. The van der Waals surface area contributed by atoms with Gasteiger partial charge in [-0.15, -0.1) is 0 Å². The van der Waals surface area contributed by atoms with Crippen LogP contribution in [0.2, 0.25) is 18.1 Å². The minimum absolute atomic E-state index is 0.107. The molecule has 0 aromatic heterocycles. The fourth-order valence-electron chi connectivity index (χ4n) is 3.07. The highest BCUT2D eigenvalue weighted by Gasteiger charge is 2.43. The molecule has 5 heteroatoms. The van der Waals surface area contributed by atoms with Crippen LogP contribution in [0.5, 0.6) is 5.75 Å². The third kappa shape index (κ3) is 5.30. The lowest BCUT2D eigenvalue weighted by Gasteiger charge is -2.43.